The lowest BCUT2D eigenvalue weighted by Crippen LogP contribution is -2.01. The van der Waals surface area contributed by atoms with Crippen LogP contribution in [-0.2, 0) is 0 Å². The zero-order chi connectivity index (χ0) is 9.84. The second kappa shape index (κ2) is 3.81. The van der Waals surface area contributed by atoms with Crippen LogP contribution in [0.3, 0.4) is 0 Å². The lowest BCUT2D eigenvalue weighted by atomic mass is 10.1. The molecule has 0 unspecified atom stereocenters. The summed E-state index contributed by atoms with van der Waals surface area (Å²) in [6.07, 6.45) is -0.278. The Balaban J connectivity index is 3.03. The van der Waals surface area contributed by atoms with Crippen molar-refractivity contribution in [3.05, 3.63) is 35.1 Å². The van der Waals surface area contributed by atoms with E-state index in [1.165, 1.54) is 12.1 Å². The van der Waals surface area contributed by atoms with Crippen molar-refractivity contribution in [1.29, 1.82) is 5.26 Å². The summed E-state index contributed by atoms with van der Waals surface area (Å²) in [5.74, 6) is -1.03. The third-order valence-electron chi connectivity index (χ3n) is 1.66. The van der Waals surface area contributed by atoms with Crippen molar-refractivity contribution in [2.45, 2.75) is 13.3 Å². The highest BCUT2D eigenvalue weighted by atomic mass is 19.1. The number of aryl methyl sites for hydroxylation is 1. The van der Waals surface area contributed by atoms with Gasteiger partial charge in [0.25, 0.3) is 0 Å². The highest BCUT2D eigenvalue weighted by Gasteiger charge is 2.10. The number of nitrogens with zero attached hydrogens (tertiary/aromatic N) is 1. The van der Waals surface area contributed by atoms with Gasteiger partial charge in [0.05, 0.1) is 18.1 Å². The molecule has 0 aliphatic carbocycles. The molecule has 3 heteroatoms. The van der Waals surface area contributed by atoms with Crippen molar-refractivity contribution in [2.24, 2.45) is 0 Å². The molecule has 66 valence electrons. The number of Topliss-reactive ketones (excluding diaryl/α,β-unsaturated/α-hetero) is 1. The number of halogens is 1. The molecule has 0 amide bonds. The number of carbonyl (C=O) groups is 1. The summed E-state index contributed by atoms with van der Waals surface area (Å²) >= 11 is 0. The Bertz CT molecular complexity index is 379. The van der Waals surface area contributed by atoms with Crippen LogP contribution >= 0.6 is 0 Å². The van der Waals surface area contributed by atoms with Gasteiger partial charge in [-0.3, -0.25) is 4.79 Å². The van der Waals surface area contributed by atoms with E-state index in [9.17, 15) is 9.18 Å². The zero-order valence-electron chi connectivity index (χ0n) is 7.17. The molecule has 0 aromatic heterocycles. The van der Waals surface area contributed by atoms with E-state index in [2.05, 4.69) is 0 Å². The molecule has 1 rings (SSSR count). The predicted octanol–water partition coefficient (Wildman–Crippen LogP) is 2.23. The first-order valence-electron chi connectivity index (χ1n) is 3.81. The van der Waals surface area contributed by atoms with E-state index >= 15 is 0 Å². The summed E-state index contributed by atoms with van der Waals surface area (Å²) in [5.41, 5.74) is 0.748. The van der Waals surface area contributed by atoms with Crippen molar-refractivity contribution in [2.75, 3.05) is 0 Å². The van der Waals surface area contributed by atoms with Gasteiger partial charge in [-0.15, -0.1) is 0 Å². The summed E-state index contributed by atoms with van der Waals surface area (Å²) in [4.78, 5) is 11.1. The summed E-state index contributed by atoms with van der Waals surface area (Å²) in [7, 11) is 0. The molecule has 0 N–H and O–H groups in total. The molecule has 0 fully saturated rings. The van der Waals surface area contributed by atoms with E-state index < -0.39 is 11.6 Å². The monoisotopic (exact) mass is 177 g/mol. The molecular weight excluding hydrogens is 169 g/mol. The van der Waals surface area contributed by atoms with Crippen molar-refractivity contribution in [1.82, 2.24) is 0 Å². The summed E-state index contributed by atoms with van der Waals surface area (Å²) < 4.78 is 13.1. The molecule has 0 saturated carbocycles. The number of rotatable bonds is 2. The average molecular weight is 177 g/mol. The van der Waals surface area contributed by atoms with Gasteiger partial charge in [-0.05, 0) is 24.6 Å². The Kier molecular flexibility index (Phi) is 2.76. The minimum Gasteiger partial charge on any atom is -0.293 e. The zero-order valence-corrected chi connectivity index (χ0v) is 7.17. The van der Waals surface area contributed by atoms with Gasteiger partial charge in [0.1, 0.15) is 5.82 Å². The molecule has 0 bridgehead atoms. The SMILES string of the molecule is Cc1ccc(C(=O)CC#N)c(F)c1. The van der Waals surface area contributed by atoms with Crippen LogP contribution in [0.15, 0.2) is 18.2 Å². The molecular formula is C10H8FNO. The van der Waals surface area contributed by atoms with Crippen LogP contribution in [0.5, 0.6) is 0 Å². The minimum absolute atomic E-state index is 0.00727. The summed E-state index contributed by atoms with van der Waals surface area (Å²) in [5, 5.41) is 8.25. The van der Waals surface area contributed by atoms with Crippen LogP contribution in [0, 0.1) is 24.1 Å². The first-order valence-corrected chi connectivity index (χ1v) is 3.81. The molecule has 0 radical (unpaired) electrons. The van der Waals surface area contributed by atoms with Crippen molar-refractivity contribution in [3.63, 3.8) is 0 Å². The molecule has 0 heterocycles. The fourth-order valence-electron chi connectivity index (χ4n) is 1.01. The van der Waals surface area contributed by atoms with E-state index in [0.29, 0.717) is 0 Å². The quantitative estimate of drug-likeness (QED) is 0.650. The smallest absolute Gasteiger partial charge is 0.179 e. The fraction of sp³-hybridized carbons (Fsp3) is 0.200. The predicted molar refractivity (Wildman–Crippen MR) is 45.7 cm³/mol. The maximum absolute atomic E-state index is 13.1. The molecule has 1 aromatic carbocycles. The highest BCUT2D eigenvalue weighted by molar-refractivity contribution is 5.97. The van der Waals surface area contributed by atoms with Crippen LogP contribution in [0.25, 0.3) is 0 Å². The molecule has 0 aliphatic rings. The number of hydrogen-bond acceptors (Lipinski definition) is 2. The standard InChI is InChI=1S/C10H8FNO/c1-7-2-3-8(9(11)6-7)10(13)4-5-12/h2-3,6H,4H2,1H3. The number of hydrogen-bond donors (Lipinski definition) is 0. The lowest BCUT2D eigenvalue weighted by molar-refractivity contribution is 0.0994. The largest absolute Gasteiger partial charge is 0.293 e. The fourth-order valence-corrected chi connectivity index (χ4v) is 1.01. The maximum atomic E-state index is 13.1. The molecule has 13 heavy (non-hydrogen) atoms. The van der Waals surface area contributed by atoms with Gasteiger partial charge in [0.2, 0.25) is 0 Å². The molecule has 0 spiro atoms. The van der Waals surface area contributed by atoms with E-state index in [1.807, 2.05) is 0 Å². The Morgan fingerprint density at radius 3 is 2.85 bits per heavy atom. The van der Waals surface area contributed by atoms with E-state index in [1.54, 1.807) is 19.1 Å². The Morgan fingerprint density at radius 1 is 1.62 bits per heavy atom. The molecule has 0 saturated heterocycles. The topological polar surface area (TPSA) is 40.9 Å². The van der Waals surface area contributed by atoms with Crippen LogP contribution in [-0.4, -0.2) is 5.78 Å². The van der Waals surface area contributed by atoms with Gasteiger partial charge < -0.3 is 0 Å². The van der Waals surface area contributed by atoms with Gasteiger partial charge in [-0.25, -0.2) is 4.39 Å². The van der Waals surface area contributed by atoms with Gasteiger partial charge in [0.15, 0.2) is 5.78 Å². The van der Waals surface area contributed by atoms with E-state index in [0.717, 1.165) is 5.56 Å². The second-order valence-electron chi connectivity index (χ2n) is 2.74. The Hall–Kier alpha value is -1.69. The van der Waals surface area contributed by atoms with Gasteiger partial charge >= 0.3 is 0 Å². The first-order chi connectivity index (χ1) is 6.15. The van der Waals surface area contributed by atoms with Crippen molar-refractivity contribution >= 4 is 5.78 Å². The Labute approximate surface area is 75.6 Å². The van der Waals surface area contributed by atoms with Crippen molar-refractivity contribution < 1.29 is 9.18 Å². The van der Waals surface area contributed by atoms with Crippen LogP contribution in [0.2, 0.25) is 0 Å². The normalized spacial score (nSPS) is 9.31. The Morgan fingerprint density at radius 2 is 2.31 bits per heavy atom. The minimum atomic E-state index is -0.555. The summed E-state index contributed by atoms with van der Waals surface area (Å²) in [6, 6.07) is 6.03. The number of nitriles is 1. The molecule has 1 aromatic rings. The highest BCUT2D eigenvalue weighted by Crippen LogP contribution is 2.11. The van der Waals surface area contributed by atoms with E-state index in [-0.39, 0.29) is 12.0 Å². The van der Waals surface area contributed by atoms with Gasteiger partial charge in [0, 0.05) is 0 Å². The van der Waals surface area contributed by atoms with E-state index in [4.69, 9.17) is 5.26 Å². The molecule has 0 aliphatic heterocycles. The second-order valence-corrected chi connectivity index (χ2v) is 2.74. The van der Waals surface area contributed by atoms with Gasteiger partial charge in [-0.2, -0.15) is 5.26 Å². The lowest BCUT2D eigenvalue weighted by Gasteiger charge is -1.99. The molecule has 0 atom stereocenters. The van der Waals surface area contributed by atoms with Gasteiger partial charge in [-0.1, -0.05) is 6.07 Å². The first kappa shape index (κ1) is 9.40. The number of benzene rings is 1. The third-order valence-corrected chi connectivity index (χ3v) is 1.66. The number of carbonyl (C=O) groups excluding carboxylic acids is 1. The third kappa shape index (κ3) is 2.12. The average Bonchev–Trinajstić information content (AvgIpc) is 2.04. The summed E-state index contributed by atoms with van der Waals surface area (Å²) in [6.45, 7) is 1.74. The van der Waals surface area contributed by atoms with Crippen LogP contribution in [0.1, 0.15) is 22.3 Å². The number of ketones is 1. The van der Waals surface area contributed by atoms with Crippen LogP contribution < -0.4 is 0 Å². The van der Waals surface area contributed by atoms with Crippen molar-refractivity contribution in [3.8, 4) is 6.07 Å². The van der Waals surface area contributed by atoms with Crippen LogP contribution in [0.4, 0.5) is 4.39 Å². The molecule has 2 nitrogen and oxygen atoms in total. The maximum Gasteiger partial charge on any atom is 0.179 e.